The fourth-order valence-electron chi connectivity index (χ4n) is 6.11. The van der Waals surface area contributed by atoms with Crippen LogP contribution >= 0.6 is 15.6 Å². The van der Waals surface area contributed by atoms with E-state index in [-0.39, 0.29) is 0 Å². The maximum absolute atomic E-state index is 14.3. The van der Waals surface area contributed by atoms with E-state index in [9.17, 15) is 9.13 Å². The number of hydrogen-bond acceptors (Lipinski definition) is 8. The molecule has 0 fully saturated rings. The summed E-state index contributed by atoms with van der Waals surface area (Å²) in [6.07, 6.45) is 0. The van der Waals surface area contributed by atoms with Crippen molar-refractivity contribution in [3.05, 3.63) is 178 Å². The van der Waals surface area contributed by atoms with Gasteiger partial charge in [-0.2, -0.15) is 9.13 Å². The van der Waals surface area contributed by atoms with Crippen molar-refractivity contribution < 1.29 is 36.3 Å². The molecule has 6 aromatic carbocycles. The van der Waals surface area contributed by atoms with Crippen LogP contribution in [0.1, 0.15) is 58.4 Å². The van der Waals surface area contributed by atoms with Gasteiger partial charge >= 0.3 is 15.6 Å². The monoisotopic (exact) mass is 776 g/mol. The Morgan fingerprint density at radius 3 is 1.29 bits per heavy atom. The molecule has 0 saturated heterocycles. The minimum atomic E-state index is -4.20. The molecule has 6 rings (SSSR count). The van der Waals surface area contributed by atoms with Gasteiger partial charge in [-0.3, -0.25) is 0 Å². The van der Waals surface area contributed by atoms with Gasteiger partial charge in [0.25, 0.3) is 0 Å². The number of phosphoric ester groups is 2. The van der Waals surface area contributed by atoms with Gasteiger partial charge in [-0.1, -0.05) is 91.7 Å². The Hall–Kier alpha value is -5.42. The lowest BCUT2D eigenvalue weighted by molar-refractivity contribution is 0.296. The smallest absolute Gasteiger partial charge is 0.386 e. The van der Waals surface area contributed by atoms with Gasteiger partial charge in [-0.15, -0.1) is 0 Å². The van der Waals surface area contributed by atoms with E-state index in [4.69, 9.17) is 27.1 Å². The third-order valence-corrected chi connectivity index (χ3v) is 11.7. The van der Waals surface area contributed by atoms with Crippen LogP contribution in [0.15, 0.2) is 133 Å². The minimum Gasteiger partial charge on any atom is -0.386 e. The molecule has 0 radical (unpaired) electrons. The van der Waals surface area contributed by atoms with Crippen LogP contribution < -0.4 is 27.1 Å². The standard InChI is InChI=1S/C45H46O8P2/c1-31-15-20-38(21-16-31)48-54(46,50-40-13-9-11-33(3)27-40)52-42-24-25-43(35(5)30-42)45(7,8)37-19-26-44(36(6)29-37)53-55(47,49-39-22-17-32(2)18-23-39)51-41-14-10-12-34(4)28-41/h9-30H,1-8H3. The highest BCUT2D eigenvalue weighted by Gasteiger charge is 2.36. The third kappa shape index (κ3) is 10.0. The lowest BCUT2D eigenvalue weighted by atomic mass is 9.76. The summed E-state index contributed by atoms with van der Waals surface area (Å²) < 4.78 is 64.4. The molecule has 284 valence electrons. The average molecular weight is 777 g/mol. The number of phosphoric acid groups is 2. The van der Waals surface area contributed by atoms with Gasteiger partial charge in [0, 0.05) is 5.41 Å². The minimum absolute atomic E-state index is 0.331. The Morgan fingerprint density at radius 2 is 0.836 bits per heavy atom. The molecule has 2 atom stereocenters. The first kappa shape index (κ1) is 39.3. The van der Waals surface area contributed by atoms with E-state index in [0.717, 1.165) is 44.5 Å². The number of aryl methyl sites for hydroxylation is 6. The normalized spacial score (nSPS) is 13.5. The summed E-state index contributed by atoms with van der Waals surface area (Å²) in [5.74, 6) is 2.15. The van der Waals surface area contributed by atoms with Crippen LogP contribution in [-0.2, 0) is 14.5 Å². The van der Waals surface area contributed by atoms with E-state index in [0.29, 0.717) is 34.5 Å². The predicted octanol–water partition coefficient (Wildman–Crippen LogP) is 13.2. The van der Waals surface area contributed by atoms with Crippen LogP contribution in [0.3, 0.4) is 0 Å². The van der Waals surface area contributed by atoms with E-state index < -0.39 is 21.1 Å². The van der Waals surface area contributed by atoms with Crippen LogP contribution in [0.2, 0.25) is 0 Å². The van der Waals surface area contributed by atoms with E-state index >= 15 is 0 Å². The first-order chi connectivity index (χ1) is 26.1. The van der Waals surface area contributed by atoms with Gasteiger partial charge < -0.3 is 27.1 Å². The summed E-state index contributed by atoms with van der Waals surface area (Å²) in [5, 5.41) is 0. The summed E-state index contributed by atoms with van der Waals surface area (Å²) in [4.78, 5) is 0. The lowest BCUT2D eigenvalue weighted by Crippen LogP contribution is -2.20. The van der Waals surface area contributed by atoms with Gasteiger partial charge in [0.2, 0.25) is 0 Å². The van der Waals surface area contributed by atoms with Crippen molar-refractivity contribution in [1.29, 1.82) is 0 Å². The fraction of sp³-hybridized carbons (Fsp3) is 0.200. The fourth-order valence-corrected chi connectivity index (χ4v) is 8.66. The zero-order chi connectivity index (χ0) is 39.4. The molecular weight excluding hydrogens is 730 g/mol. The van der Waals surface area contributed by atoms with Crippen molar-refractivity contribution in [3.8, 4) is 34.5 Å². The van der Waals surface area contributed by atoms with E-state index in [1.807, 2.05) is 114 Å². The zero-order valence-corrected chi connectivity index (χ0v) is 34.2. The molecule has 0 aromatic heterocycles. The van der Waals surface area contributed by atoms with Gasteiger partial charge in [0.05, 0.1) is 0 Å². The van der Waals surface area contributed by atoms with Crippen LogP contribution in [0, 0.1) is 41.5 Å². The first-order valence-corrected chi connectivity index (χ1v) is 20.9. The average Bonchev–Trinajstić information content (AvgIpc) is 3.11. The molecule has 6 aromatic rings. The first-order valence-electron chi connectivity index (χ1n) is 17.9. The molecule has 55 heavy (non-hydrogen) atoms. The van der Waals surface area contributed by atoms with Crippen molar-refractivity contribution in [2.75, 3.05) is 0 Å². The summed E-state index contributed by atoms with van der Waals surface area (Å²) in [6.45, 7) is 15.9. The third-order valence-electron chi connectivity index (χ3n) is 9.09. The molecule has 0 bridgehead atoms. The Morgan fingerprint density at radius 1 is 0.400 bits per heavy atom. The molecule has 0 heterocycles. The molecule has 8 nitrogen and oxygen atoms in total. The number of rotatable bonds is 14. The molecule has 0 aliphatic rings. The lowest BCUT2D eigenvalue weighted by Gasteiger charge is -2.29. The predicted molar refractivity (Wildman–Crippen MR) is 218 cm³/mol. The Bertz CT molecular complexity index is 2390. The zero-order valence-electron chi connectivity index (χ0n) is 32.4. The molecule has 0 saturated carbocycles. The largest absolute Gasteiger partial charge is 0.647 e. The second kappa shape index (κ2) is 16.1. The second-order valence-electron chi connectivity index (χ2n) is 14.3. The highest BCUT2D eigenvalue weighted by molar-refractivity contribution is 7.50. The molecule has 0 N–H and O–H groups in total. The van der Waals surface area contributed by atoms with Crippen LogP contribution in [0.25, 0.3) is 0 Å². The maximum atomic E-state index is 14.3. The van der Waals surface area contributed by atoms with E-state index in [1.54, 1.807) is 60.7 Å². The Labute approximate surface area is 324 Å². The highest BCUT2D eigenvalue weighted by Crippen LogP contribution is 2.52. The van der Waals surface area contributed by atoms with Gasteiger partial charge in [-0.25, -0.2) is 0 Å². The van der Waals surface area contributed by atoms with Crippen LogP contribution in [0.4, 0.5) is 0 Å². The number of benzene rings is 6. The summed E-state index contributed by atoms with van der Waals surface area (Å²) in [5.41, 5.74) is 7.10. The molecule has 0 spiro atoms. The van der Waals surface area contributed by atoms with Crippen LogP contribution in [-0.4, -0.2) is 0 Å². The van der Waals surface area contributed by atoms with Gasteiger partial charge in [0.15, 0.2) is 0 Å². The Balaban J connectivity index is 1.25. The van der Waals surface area contributed by atoms with Crippen molar-refractivity contribution in [2.24, 2.45) is 0 Å². The highest BCUT2D eigenvalue weighted by atomic mass is 31.2. The quantitative estimate of drug-likeness (QED) is 0.101. The summed E-state index contributed by atoms with van der Waals surface area (Å²) in [7, 11) is -8.39. The number of hydrogen-bond donors (Lipinski definition) is 0. The van der Waals surface area contributed by atoms with Crippen LogP contribution in [0.5, 0.6) is 34.5 Å². The molecule has 2 unspecified atom stereocenters. The van der Waals surface area contributed by atoms with E-state index in [1.165, 1.54) is 0 Å². The summed E-state index contributed by atoms with van der Waals surface area (Å²) >= 11 is 0. The Kier molecular flexibility index (Phi) is 11.5. The van der Waals surface area contributed by atoms with Gasteiger partial charge in [0.1, 0.15) is 34.5 Å². The van der Waals surface area contributed by atoms with Crippen molar-refractivity contribution in [3.63, 3.8) is 0 Å². The van der Waals surface area contributed by atoms with E-state index in [2.05, 4.69) is 13.8 Å². The molecule has 10 heteroatoms. The molecule has 0 amide bonds. The SMILES string of the molecule is Cc1ccc(OP(=O)(Oc2cccc(C)c2)Oc2ccc(C(C)(C)c3ccc(OP(=O)(Oc4ccc(C)cc4)Oc4cccc(C)c4)c(C)c3)c(C)c2)cc1. The molecule has 0 aliphatic heterocycles. The van der Waals surface area contributed by atoms with Crippen molar-refractivity contribution >= 4 is 15.6 Å². The van der Waals surface area contributed by atoms with Crippen molar-refractivity contribution in [2.45, 2.75) is 60.8 Å². The summed E-state index contributed by atoms with van der Waals surface area (Å²) in [6, 6.07) is 40.1. The van der Waals surface area contributed by atoms with Gasteiger partial charge in [-0.05, 0) is 142 Å². The molecular formula is C45H46O8P2. The maximum Gasteiger partial charge on any atom is 0.647 e. The molecule has 0 aliphatic carbocycles. The second-order valence-corrected chi connectivity index (χ2v) is 17.2. The topological polar surface area (TPSA) is 89.5 Å². The van der Waals surface area contributed by atoms with Crippen molar-refractivity contribution in [1.82, 2.24) is 0 Å².